The van der Waals surface area contributed by atoms with Gasteiger partial charge in [0.2, 0.25) is 0 Å². The highest BCUT2D eigenvalue weighted by Gasteiger charge is 2.18. The quantitative estimate of drug-likeness (QED) is 0.0490. The zero-order valence-electron chi connectivity index (χ0n) is 36.8. The van der Waals surface area contributed by atoms with Crippen LogP contribution in [0.25, 0.3) is 0 Å². The molecule has 0 radical (unpaired) electrons. The molecule has 1 atom stereocenters. The van der Waals surface area contributed by atoms with Crippen molar-refractivity contribution < 1.29 is 12.6 Å². The molecule has 0 N–H and O–H groups in total. The van der Waals surface area contributed by atoms with Gasteiger partial charge in [0.05, 0.1) is 11.5 Å². The van der Waals surface area contributed by atoms with Crippen LogP contribution in [-0.4, -0.2) is 15.0 Å². The fourth-order valence-corrected chi connectivity index (χ4v) is 9.08. The molecule has 0 saturated heterocycles. The molecule has 0 aliphatic rings. The van der Waals surface area contributed by atoms with Gasteiger partial charge in [-0.2, -0.15) is 8.42 Å². The predicted molar refractivity (Wildman–Crippen MR) is 239 cm³/mol. The van der Waals surface area contributed by atoms with Gasteiger partial charge in [0.1, 0.15) is 0 Å². The Morgan fingerprint density at radius 1 is 0.389 bits per heavy atom. The Kier molecular flexibility index (Phi) is 36.9. The average Bonchev–Trinajstić information content (AvgIpc) is 3.17. The maximum absolute atomic E-state index is 12.6. The highest BCUT2D eigenvalue weighted by molar-refractivity contribution is 7.86. The first-order chi connectivity index (χ1) is 26.5. The molecular formula is C50H94O3S. The molecule has 1 rings (SSSR count). The van der Waals surface area contributed by atoms with Gasteiger partial charge < -0.3 is 0 Å². The summed E-state index contributed by atoms with van der Waals surface area (Å²) in [4.78, 5) is 0.267. The molecule has 3 nitrogen and oxygen atoms in total. The molecule has 0 aliphatic heterocycles. The molecule has 1 aromatic rings. The maximum Gasteiger partial charge on any atom is 0.296 e. The Morgan fingerprint density at radius 2 is 0.648 bits per heavy atom. The van der Waals surface area contributed by atoms with Crippen LogP contribution in [0.2, 0.25) is 0 Å². The Morgan fingerprint density at radius 3 is 0.944 bits per heavy atom. The molecule has 0 bridgehead atoms. The summed E-state index contributed by atoms with van der Waals surface area (Å²) >= 11 is 0. The van der Waals surface area contributed by atoms with Gasteiger partial charge in [0.25, 0.3) is 10.1 Å². The van der Waals surface area contributed by atoms with Crippen molar-refractivity contribution in [3.63, 3.8) is 0 Å². The van der Waals surface area contributed by atoms with Crippen LogP contribution in [0.15, 0.2) is 29.2 Å². The summed E-state index contributed by atoms with van der Waals surface area (Å²) in [5.74, 6) is 0.332. The number of hydrogen-bond acceptors (Lipinski definition) is 3. The van der Waals surface area contributed by atoms with Crippen LogP contribution in [0.1, 0.15) is 270 Å². The van der Waals surface area contributed by atoms with Crippen LogP contribution in [0.4, 0.5) is 0 Å². The molecule has 0 aromatic heterocycles. The largest absolute Gasteiger partial charge is 0.296 e. The zero-order chi connectivity index (χ0) is 39.1. The first-order valence-corrected chi connectivity index (χ1v) is 25.9. The second-order valence-corrected chi connectivity index (χ2v) is 19.0. The van der Waals surface area contributed by atoms with E-state index in [0.717, 1.165) is 31.2 Å². The first kappa shape index (κ1) is 51.1. The molecule has 0 amide bonds. The third-order valence-corrected chi connectivity index (χ3v) is 13.2. The third-order valence-electron chi connectivity index (χ3n) is 12.0. The molecule has 318 valence electrons. The van der Waals surface area contributed by atoms with Gasteiger partial charge in [0.15, 0.2) is 0 Å². The van der Waals surface area contributed by atoms with E-state index in [-0.39, 0.29) is 4.90 Å². The van der Waals surface area contributed by atoms with Crippen molar-refractivity contribution in [1.82, 2.24) is 0 Å². The summed E-state index contributed by atoms with van der Waals surface area (Å²) in [7, 11) is -3.67. The van der Waals surface area contributed by atoms with Crippen molar-refractivity contribution in [3.05, 3.63) is 29.8 Å². The summed E-state index contributed by atoms with van der Waals surface area (Å²) in [6.07, 6.45) is 54.6. The lowest BCUT2D eigenvalue weighted by Gasteiger charge is -2.17. The van der Waals surface area contributed by atoms with Crippen LogP contribution < -0.4 is 0 Å². The van der Waals surface area contributed by atoms with Crippen molar-refractivity contribution >= 4 is 10.1 Å². The monoisotopic (exact) mass is 775 g/mol. The van der Waals surface area contributed by atoms with Gasteiger partial charge in [-0.1, -0.05) is 269 Å². The maximum atomic E-state index is 12.6. The topological polar surface area (TPSA) is 43.4 Å². The second-order valence-electron chi connectivity index (χ2n) is 17.4. The van der Waals surface area contributed by atoms with Gasteiger partial charge in [0, 0.05) is 0 Å². The van der Waals surface area contributed by atoms with E-state index in [1.165, 1.54) is 225 Å². The van der Waals surface area contributed by atoms with Crippen LogP contribution in [0.3, 0.4) is 0 Å². The van der Waals surface area contributed by atoms with E-state index >= 15 is 0 Å². The van der Waals surface area contributed by atoms with Crippen molar-refractivity contribution in [1.29, 1.82) is 0 Å². The van der Waals surface area contributed by atoms with Crippen LogP contribution in [0.5, 0.6) is 0 Å². The van der Waals surface area contributed by atoms with Crippen molar-refractivity contribution in [2.24, 2.45) is 5.92 Å². The van der Waals surface area contributed by atoms with Crippen molar-refractivity contribution in [3.8, 4) is 0 Å². The van der Waals surface area contributed by atoms with Crippen LogP contribution in [0, 0.1) is 12.8 Å². The summed E-state index contributed by atoms with van der Waals surface area (Å²) in [6, 6.07) is 6.96. The summed E-state index contributed by atoms with van der Waals surface area (Å²) in [6.45, 7) is 6.78. The normalized spacial score (nSPS) is 12.5. The Labute approximate surface area is 339 Å². The lowest BCUT2D eigenvalue weighted by molar-refractivity contribution is 0.230. The van der Waals surface area contributed by atoms with Gasteiger partial charge in [-0.3, -0.25) is 4.18 Å². The molecule has 54 heavy (non-hydrogen) atoms. The molecular weight excluding hydrogens is 681 g/mol. The van der Waals surface area contributed by atoms with Gasteiger partial charge >= 0.3 is 0 Å². The summed E-state index contributed by atoms with van der Waals surface area (Å²) in [5, 5.41) is 0. The van der Waals surface area contributed by atoms with E-state index in [1.54, 1.807) is 12.1 Å². The first-order valence-electron chi connectivity index (χ1n) is 24.5. The highest BCUT2D eigenvalue weighted by Crippen LogP contribution is 2.22. The lowest BCUT2D eigenvalue weighted by atomic mass is 9.96. The van der Waals surface area contributed by atoms with Gasteiger partial charge in [-0.05, 0) is 37.8 Å². The minimum atomic E-state index is -3.67. The predicted octanol–water partition coefficient (Wildman–Crippen LogP) is 17.6. The molecule has 4 heteroatoms. The Bertz CT molecular complexity index is 988. The lowest BCUT2D eigenvalue weighted by Crippen LogP contribution is -2.15. The van der Waals surface area contributed by atoms with E-state index in [2.05, 4.69) is 13.8 Å². The molecule has 0 heterocycles. The van der Waals surface area contributed by atoms with Gasteiger partial charge in [-0.15, -0.1) is 0 Å². The van der Waals surface area contributed by atoms with E-state index < -0.39 is 10.1 Å². The standard InChI is InChI=1S/C50H94O3S/c1-4-6-8-9-10-11-12-13-14-15-16-17-18-19-20-21-22-23-24-25-26-27-28-29-30-31-32-33-34-35-36-37-38-39-40-42-49(41-7-5-2)47-53-54(51,52)50-45-43-48(3)44-46-50/h43-46,49H,4-42,47H2,1-3H3. The Hall–Kier alpha value is -0.870. The Balaban J connectivity index is 1.78. The summed E-state index contributed by atoms with van der Waals surface area (Å²) < 4.78 is 30.8. The fraction of sp³-hybridized carbons (Fsp3) is 0.880. The molecule has 0 spiro atoms. The van der Waals surface area contributed by atoms with E-state index in [9.17, 15) is 8.42 Å². The molecule has 1 aromatic carbocycles. The van der Waals surface area contributed by atoms with E-state index in [4.69, 9.17) is 4.18 Å². The number of hydrogen-bond donors (Lipinski definition) is 0. The smallest absolute Gasteiger partial charge is 0.266 e. The van der Waals surface area contributed by atoms with E-state index in [0.29, 0.717) is 12.5 Å². The average molecular weight is 775 g/mol. The second kappa shape index (κ2) is 39.0. The molecule has 0 fully saturated rings. The highest BCUT2D eigenvalue weighted by atomic mass is 32.2. The number of rotatable bonds is 43. The fourth-order valence-electron chi connectivity index (χ4n) is 8.10. The van der Waals surface area contributed by atoms with Crippen LogP contribution >= 0.6 is 0 Å². The zero-order valence-corrected chi connectivity index (χ0v) is 37.6. The summed E-state index contributed by atoms with van der Waals surface area (Å²) in [5.41, 5.74) is 1.05. The van der Waals surface area contributed by atoms with Crippen molar-refractivity contribution in [2.75, 3.05) is 6.61 Å². The van der Waals surface area contributed by atoms with Crippen molar-refractivity contribution in [2.45, 2.75) is 276 Å². The SMILES string of the molecule is CCCCCCCCCCCCCCCCCCCCCCCCCCCCCCCCCCCCCC(CCCC)COS(=O)(=O)c1ccc(C)cc1. The van der Waals surface area contributed by atoms with Crippen LogP contribution in [-0.2, 0) is 14.3 Å². The third kappa shape index (κ3) is 33.3. The number of benzene rings is 1. The molecule has 1 unspecified atom stereocenters. The van der Waals surface area contributed by atoms with Gasteiger partial charge in [-0.25, -0.2) is 0 Å². The molecule has 0 aliphatic carbocycles. The molecule has 0 saturated carbocycles. The minimum Gasteiger partial charge on any atom is -0.266 e. The number of aryl methyl sites for hydroxylation is 1. The van der Waals surface area contributed by atoms with E-state index in [1.807, 2.05) is 19.1 Å². The minimum absolute atomic E-state index is 0.267. The number of unbranched alkanes of at least 4 members (excludes halogenated alkanes) is 35.